The quantitative estimate of drug-likeness (QED) is 0.631. The Balaban J connectivity index is 1.59. The van der Waals surface area contributed by atoms with Crippen molar-refractivity contribution in [2.24, 2.45) is 0 Å². The molecule has 0 radical (unpaired) electrons. The van der Waals surface area contributed by atoms with E-state index in [0.717, 1.165) is 18.4 Å². The molecule has 2 aromatic rings. The molecule has 0 aliphatic carbocycles. The number of hydrogen-bond donors (Lipinski definition) is 2. The maximum absolute atomic E-state index is 12.4. The predicted octanol–water partition coefficient (Wildman–Crippen LogP) is 1.86. The molecule has 1 atom stereocenters. The van der Waals surface area contributed by atoms with Crippen molar-refractivity contribution >= 4 is 31.5 Å². The van der Waals surface area contributed by atoms with Crippen molar-refractivity contribution in [1.29, 1.82) is 0 Å². The summed E-state index contributed by atoms with van der Waals surface area (Å²) in [4.78, 5) is 12.3. The lowest BCUT2D eigenvalue weighted by molar-refractivity contribution is -0.113. The molecule has 1 fully saturated rings. The number of hydrogen-bond acceptors (Lipinski definition) is 6. The van der Waals surface area contributed by atoms with E-state index in [9.17, 15) is 21.6 Å². The van der Waals surface area contributed by atoms with Gasteiger partial charge >= 0.3 is 0 Å². The van der Waals surface area contributed by atoms with Crippen LogP contribution in [0.25, 0.3) is 0 Å². The van der Waals surface area contributed by atoms with E-state index >= 15 is 0 Å². The fraction of sp³-hybridized carbons (Fsp3) is 0.350. The molecule has 1 unspecified atom stereocenters. The summed E-state index contributed by atoms with van der Waals surface area (Å²) in [6.45, 7) is 2.68. The standard InChI is InChI=1S/C20H24N2O6S2/c1-15-4-8-18(9-5-15)29(24,25)14-20(23)22-16-6-10-19(11-7-16)30(26,27)21-13-17-3-2-12-28-17/h4-11,17,21H,2-3,12-14H2,1H3,(H,22,23). The van der Waals surface area contributed by atoms with E-state index in [0.29, 0.717) is 12.3 Å². The first-order chi connectivity index (χ1) is 14.2. The van der Waals surface area contributed by atoms with E-state index < -0.39 is 31.5 Å². The van der Waals surface area contributed by atoms with Crippen molar-refractivity contribution in [2.75, 3.05) is 24.2 Å². The largest absolute Gasteiger partial charge is 0.377 e. The van der Waals surface area contributed by atoms with Gasteiger partial charge in [0.15, 0.2) is 9.84 Å². The number of carbonyl (C=O) groups is 1. The molecule has 10 heteroatoms. The Bertz CT molecular complexity index is 1090. The summed E-state index contributed by atoms with van der Waals surface area (Å²) >= 11 is 0. The molecule has 30 heavy (non-hydrogen) atoms. The highest BCUT2D eigenvalue weighted by molar-refractivity contribution is 7.92. The Kier molecular flexibility index (Phi) is 6.91. The Morgan fingerprint density at radius 2 is 1.63 bits per heavy atom. The zero-order valence-electron chi connectivity index (χ0n) is 16.5. The summed E-state index contributed by atoms with van der Waals surface area (Å²) in [5, 5.41) is 2.48. The second-order valence-electron chi connectivity index (χ2n) is 7.13. The minimum atomic E-state index is -3.77. The van der Waals surface area contributed by atoms with Crippen LogP contribution in [0.4, 0.5) is 5.69 Å². The zero-order valence-corrected chi connectivity index (χ0v) is 18.1. The molecule has 1 aliphatic rings. The molecule has 0 aromatic heterocycles. The Hall–Kier alpha value is -2.27. The van der Waals surface area contributed by atoms with Crippen LogP contribution in [0.1, 0.15) is 18.4 Å². The highest BCUT2D eigenvalue weighted by Crippen LogP contribution is 2.17. The van der Waals surface area contributed by atoms with Gasteiger partial charge in [-0.15, -0.1) is 0 Å². The predicted molar refractivity (Wildman–Crippen MR) is 112 cm³/mol. The van der Waals surface area contributed by atoms with Crippen LogP contribution < -0.4 is 10.0 Å². The van der Waals surface area contributed by atoms with Crippen LogP contribution in [0.5, 0.6) is 0 Å². The van der Waals surface area contributed by atoms with Crippen LogP contribution in [-0.2, 0) is 29.4 Å². The SMILES string of the molecule is Cc1ccc(S(=O)(=O)CC(=O)Nc2ccc(S(=O)(=O)NCC3CCCO3)cc2)cc1. The average molecular weight is 453 g/mol. The van der Waals surface area contributed by atoms with Crippen molar-refractivity contribution in [1.82, 2.24) is 4.72 Å². The highest BCUT2D eigenvalue weighted by atomic mass is 32.2. The smallest absolute Gasteiger partial charge is 0.240 e. The molecule has 8 nitrogen and oxygen atoms in total. The molecule has 2 aromatic carbocycles. The van der Waals surface area contributed by atoms with E-state index in [1.807, 2.05) is 6.92 Å². The molecule has 0 saturated carbocycles. The Morgan fingerprint density at radius 1 is 1.00 bits per heavy atom. The van der Waals surface area contributed by atoms with E-state index in [4.69, 9.17) is 4.74 Å². The summed E-state index contributed by atoms with van der Waals surface area (Å²) in [7, 11) is -7.47. The fourth-order valence-electron chi connectivity index (χ4n) is 3.01. The van der Waals surface area contributed by atoms with Crippen LogP contribution in [0, 0.1) is 6.92 Å². The van der Waals surface area contributed by atoms with Crippen molar-refractivity contribution in [3.8, 4) is 0 Å². The molecule has 0 bridgehead atoms. The third kappa shape index (κ3) is 5.88. The topological polar surface area (TPSA) is 119 Å². The molecule has 1 saturated heterocycles. The molecular weight excluding hydrogens is 428 g/mol. The third-order valence-corrected chi connectivity index (χ3v) is 7.75. The normalized spacial score (nSPS) is 17.0. The van der Waals surface area contributed by atoms with Gasteiger partial charge in [-0.05, 0) is 56.2 Å². The van der Waals surface area contributed by atoms with Gasteiger partial charge in [0.05, 0.1) is 15.9 Å². The summed E-state index contributed by atoms with van der Waals surface area (Å²) < 4.78 is 57.3. The van der Waals surface area contributed by atoms with Crippen molar-refractivity contribution < 1.29 is 26.4 Å². The van der Waals surface area contributed by atoms with Crippen LogP contribution in [-0.4, -0.2) is 47.8 Å². The number of benzene rings is 2. The summed E-state index contributed by atoms with van der Waals surface area (Å²) in [5.74, 6) is -1.42. The molecule has 3 rings (SSSR count). The van der Waals surface area contributed by atoms with Gasteiger partial charge in [0.25, 0.3) is 0 Å². The lowest BCUT2D eigenvalue weighted by atomic mass is 10.2. The monoisotopic (exact) mass is 452 g/mol. The van der Waals surface area contributed by atoms with Crippen LogP contribution in [0.15, 0.2) is 58.3 Å². The van der Waals surface area contributed by atoms with Gasteiger partial charge in [-0.2, -0.15) is 0 Å². The number of carbonyl (C=O) groups excluding carboxylic acids is 1. The first-order valence-electron chi connectivity index (χ1n) is 9.46. The Morgan fingerprint density at radius 3 is 2.23 bits per heavy atom. The second kappa shape index (κ2) is 9.25. The van der Waals surface area contributed by atoms with Gasteiger partial charge in [0.1, 0.15) is 5.75 Å². The molecule has 1 aliphatic heterocycles. The number of ether oxygens (including phenoxy) is 1. The first kappa shape index (κ1) is 22.4. The number of sulfone groups is 1. The van der Waals surface area contributed by atoms with Gasteiger partial charge in [0, 0.05) is 18.8 Å². The number of amides is 1. The van der Waals surface area contributed by atoms with Crippen LogP contribution in [0.2, 0.25) is 0 Å². The molecule has 0 spiro atoms. The Labute approximate surface area is 176 Å². The van der Waals surface area contributed by atoms with E-state index in [1.54, 1.807) is 12.1 Å². The maximum Gasteiger partial charge on any atom is 0.240 e. The van der Waals surface area contributed by atoms with Crippen molar-refractivity contribution in [3.63, 3.8) is 0 Å². The van der Waals surface area contributed by atoms with Crippen molar-refractivity contribution in [2.45, 2.75) is 35.7 Å². The zero-order chi connectivity index (χ0) is 21.8. The molecule has 2 N–H and O–H groups in total. The first-order valence-corrected chi connectivity index (χ1v) is 12.6. The summed E-state index contributed by atoms with van der Waals surface area (Å²) in [6.07, 6.45) is 1.62. The average Bonchev–Trinajstić information content (AvgIpc) is 3.20. The van der Waals surface area contributed by atoms with Crippen molar-refractivity contribution in [3.05, 3.63) is 54.1 Å². The van der Waals surface area contributed by atoms with Gasteiger partial charge in [-0.25, -0.2) is 21.6 Å². The van der Waals surface area contributed by atoms with E-state index in [2.05, 4.69) is 10.0 Å². The highest BCUT2D eigenvalue weighted by Gasteiger charge is 2.21. The molecule has 162 valence electrons. The number of nitrogens with one attached hydrogen (secondary N) is 2. The number of aryl methyl sites for hydroxylation is 1. The maximum atomic E-state index is 12.4. The third-order valence-electron chi connectivity index (χ3n) is 4.67. The molecular formula is C20H24N2O6S2. The van der Waals surface area contributed by atoms with Gasteiger partial charge in [-0.3, -0.25) is 4.79 Å². The second-order valence-corrected chi connectivity index (χ2v) is 10.9. The van der Waals surface area contributed by atoms with Gasteiger partial charge in [0.2, 0.25) is 15.9 Å². The van der Waals surface area contributed by atoms with Gasteiger partial charge in [-0.1, -0.05) is 17.7 Å². The summed E-state index contributed by atoms with van der Waals surface area (Å²) in [5.41, 5.74) is 1.22. The van der Waals surface area contributed by atoms with Crippen LogP contribution in [0.3, 0.4) is 0 Å². The molecule has 1 amide bonds. The van der Waals surface area contributed by atoms with E-state index in [-0.39, 0.29) is 22.4 Å². The number of sulfonamides is 1. The van der Waals surface area contributed by atoms with E-state index in [1.165, 1.54) is 36.4 Å². The minimum absolute atomic E-state index is 0.0470. The van der Waals surface area contributed by atoms with Gasteiger partial charge < -0.3 is 10.1 Å². The number of anilines is 1. The number of rotatable bonds is 8. The molecule has 1 heterocycles. The minimum Gasteiger partial charge on any atom is -0.377 e. The van der Waals surface area contributed by atoms with Crippen LogP contribution >= 0.6 is 0 Å². The summed E-state index contributed by atoms with van der Waals surface area (Å²) in [6, 6.07) is 11.8. The lowest BCUT2D eigenvalue weighted by Gasteiger charge is -2.12. The lowest BCUT2D eigenvalue weighted by Crippen LogP contribution is -2.31. The fourth-order valence-corrected chi connectivity index (χ4v) is 5.21.